The minimum atomic E-state index is -0.617. The van der Waals surface area contributed by atoms with Gasteiger partial charge >= 0.3 is 6.09 Å². The van der Waals surface area contributed by atoms with Crippen LogP contribution < -0.4 is 10.6 Å². The zero-order valence-corrected chi connectivity index (χ0v) is 16.2. The van der Waals surface area contributed by atoms with Gasteiger partial charge in [0, 0.05) is 18.5 Å². The first-order valence-corrected chi connectivity index (χ1v) is 8.96. The van der Waals surface area contributed by atoms with Crippen molar-refractivity contribution in [3.05, 3.63) is 65.4 Å². The van der Waals surface area contributed by atoms with Crippen LogP contribution in [0.25, 0.3) is 5.69 Å². The number of anilines is 2. The number of halogens is 1. The molecular weight excluding hydrogens is 398 g/mol. The van der Waals surface area contributed by atoms with Crippen LogP contribution in [0.2, 0.25) is 5.02 Å². The third kappa shape index (κ3) is 5.53. The maximum Gasteiger partial charge on any atom is 0.411 e. The summed E-state index contributed by atoms with van der Waals surface area (Å²) < 4.78 is 11.2. The highest BCUT2D eigenvalue weighted by Crippen LogP contribution is 2.19. The van der Waals surface area contributed by atoms with Gasteiger partial charge in [-0.25, -0.2) is 9.48 Å². The zero-order valence-electron chi connectivity index (χ0n) is 15.5. The van der Waals surface area contributed by atoms with Crippen molar-refractivity contribution in [2.24, 2.45) is 0 Å². The van der Waals surface area contributed by atoms with Gasteiger partial charge in [0.25, 0.3) is 5.91 Å². The molecule has 2 N–H and O–H groups in total. The number of benzene rings is 2. The van der Waals surface area contributed by atoms with Gasteiger partial charge in [0.1, 0.15) is 6.61 Å². The highest BCUT2D eigenvalue weighted by Gasteiger charge is 2.13. The molecule has 0 radical (unpaired) electrons. The van der Waals surface area contributed by atoms with Crippen molar-refractivity contribution in [3.63, 3.8) is 0 Å². The number of para-hydroxylation sites is 1. The first kappa shape index (κ1) is 20.3. The molecule has 1 aromatic heterocycles. The van der Waals surface area contributed by atoms with E-state index in [4.69, 9.17) is 21.1 Å². The Morgan fingerprint density at radius 2 is 1.83 bits per heavy atom. The molecular formula is C19H18ClN5O4. The maximum atomic E-state index is 12.5. The molecule has 0 aliphatic carbocycles. The van der Waals surface area contributed by atoms with Crippen LogP contribution in [0.4, 0.5) is 16.2 Å². The van der Waals surface area contributed by atoms with E-state index in [1.807, 2.05) is 0 Å². The predicted octanol–water partition coefficient (Wildman–Crippen LogP) is 3.37. The number of amides is 2. The molecule has 0 saturated heterocycles. The molecule has 2 aromatic carbocycles. The number of carbonyl (C=O) groups is 2. The highest BCUT2D eigenvalue weighted by atomic mass is 35.5. The van der Waals surface area contributed by atoms with E-state index >= 15 is 0 Å². The van der Waals surface area contributed by atoms with E-state index in [0.717, 1.165) is 0 Å². The number of ether oxygens (including phenoxy) is 2. The molecule has 150 valence electrons. The number of carbonyl (C=O) groups excluding carboxylic acids is 2. The first-order valence-electron chi connectivity index (χ1n) is 8.58. The lowest BCUT2D eigenvalue weighted by atomic mass is 10.2. The Balaban J connectivity index is 1.64. The molecule has 0 atom stereocenters. The average Bonchev–Trinajstić information content (AvgIpc) is 3.19. The van der Waals surface area contributed by atoms with Crippen LogP contribution in [-0.4, -0.2) is 47.3 Å². The minimum Gasteiger partial charge on any atom is -0.447 e. The average molecular weight is 416 g/mol. The topological polar surface area (TPSA) is 107 Å². The van der Waals surface area contributed by atoms with Crippen LogP contribution in [0.15, 0.2) is 54.7 Å². The standard InChI is InChI=1S/C19H18ClN5O4/c1-28-9-10-29-19(27)22-14-6-4-5-13(11-14)21-18(26)16-12-25(24-23-16)17-8-3-2-7-15(17)20/h2-8,11-12H,9-10H2,1H3,(H,21,26)(H,22,27). The van der Waals surface area contributed by atoms with E-state index < -0.39 is 12.0 Å². The number of methoxy groups -OCH3 is 1. The van der Waals surface area contributed by atoms with Gasteiger partial charge < -0.3 is 14.8 Å². The normalized spacial score (nSPS) is 10.4. The molecule has 10 heteroatoms. The van der Waals surface area contributed by atoms with E-state index in [-0.39, 0.29) is 12.3 Å². The third-order valence-electron chi connectivity index (χ3n) is 3.71. The number of hydrogen-bond acceptors (Lipinski definition) is 6. The van der Waals surface area contributed by atoms with Crippen molar-refractivity contribution in [2.45, 2.75) is 0 Å². The Hall–Kier alpha value is -3.43. The van der Waals surface area contributed by atoms with Crippen molar-refractivity contribution in [2.75, 3.05) is 31.0 Å². The fourth-order valence-electron chi connectivity index (χ4n) is 2.36. The molecule has 3 rings (SSSR count). The minimum absolute atomic E-state index is 0.113. The number of nitrogens with zero attached hydrogens (tertiary/aromatic N) is 3. The van der Waals surface area contributed by atoms with E-state index in [9.17, 15) is 9.59 Å². The monoisotopic (exact) mass is 415 g/mol. The highest BCUT2D eigenvalue weighted by molar-refractivity contribution is 6.32. The van der Waals surface area contributed by atoms with E-state index in [1.165, 1.54) is 18.0 Å². The summed E-state index contributed by atoms with van der Waals surface area (Å²) in [5, 5.41) is 13.6. The first-order chi connectivity index (χ1) is 14.1. The lowest BCUT2D eigenvalue weighted by Gasteiger charge is -2.08. The molecule has 3 aromatic rings. The van der Waals surface area contributed by atoms with Crippen LogP contribution in [0, 0.1) is 0 Å². The Bertz CT molecular complexity index is 1010. The van der Waals surface area contributed by atoms with Gasteiger partial charge in [-0.3, -0.25) is 10.1 Å². The van der Waals surface area contributed by atoms with Crippen LogP contribution in [0.3, 0.4) is 0 Å². The van der Waals surface area contributed by atoms with Gasteiger partial charge in [-0.1, -0.05) is 35.0 Å². The molecule has 0 spiro atoms. The number of nitrogens with one attached hydrogen (secondary N) is 2. The predicted molar refractivity (Wildman–Crippen MR) is 108 cm³/mol. The molecule has 1 heterocycles. The molecule has 0 saturated carbocycles. The van der Waals surface area contributed by atoms with Gasteiger partial charge in [0.05, 0.1) is 23.5 Å². The van der Waals surface area contributed by atoms with Crippen LogP contribution in [0.1, 0.15) is 10.5 Å². The van der Waals surface area contributed by atoms with Crippen LogP contribution in [0.5, 0.6) is 0 Å². The molecule has 0 unspecified atom stereocenters. The summed E-state index contributed by atoms with van der Waals surface area (Å²) in [6.45, 7) is 0.443. The van der Waals surface area contributed by atoms with Crippen LogP contribution >= 0.6 is 11.6 Å². The third-order valence-corrected chi connectivity index (χ3v) is 4.03. The fourth-order valence-corrected chi connectivity index (χ4v) is 2.59. The van der Waals surface area contributed by atoms with Crippen molar-refractivity contribution in [1.82, 2.24) is 15.0 Å². The largest absolute Gasteiger partial charge is 0.447 e. The second-order valence-electron chi connectivity index (χ2n) is 5.79. The molecule has 0 bridgehead atoms. The number of rotatable bonds is 7. The summed E-state index contributed by atoms with van der Waals surface area (Å²) in [5.74, 6) is -0.455. The summed E-state index contributed by atoms with van der Waals surface area (Å²) in [4.78, 5) is 24.2. The summed E-state index contributed by atoms with van der Waals surface area (Å²) >= 11 is 6.14. The number of hydrogen-bond donors (Lipinski definition) is 2. The molecule has 2 amide bonds. The lowest BCUT2D eigenvalue weighted by Crippen LogP contribution is -2.17. The fraction of sp³-hybridized carbons (Fsp3) is 0.158. The smallest absolute Gasteiger partial charge is 0.411 e. The SMILES string of the molecule is COCCOC(=O)Nc1cccc(NC(=O)c2cn(-c3ccccc3Cl)nn2)c1. The van der Waals surface area contributed by atoms with Gasteiger partial charge in [-0.15, -0.1) is 5.10 Å². The molecule has 29 heavy (non-hydrogen) atoms. The Morgan fingerprint density at radius 1 is 1.07 bits per heavy atom. The van der Waals surface area contributed by atoms with E-state index in [2.05, 4.69) is 20.9 Å². The van der Waals surface area contributed by atoms with Crippen molar-refractivity contribution in [1.29, 1.82) is 0 Å². The second-order valence-corrected chi connectivity index (χ2v) is 6.20. The quantitative estimate of drug-likeness (QED) is 0.573. The summed E-state index contributed by atoms with van der Waals surface area (Å²) in [6.07, 6.45) is 0.861. The van der Waals surface area contributed by atoms with Gasteiger partial charge in [0.15, 0.2) is 5.69 Å². The summed E-state index contributed by atoms with van der Waals surface area (Å²) in [6, 6.07) is 13.7. The van der Waals surface area contributed by atoms with Gasteiger partial charge in [0.2, 0.25) is 0 Å². The Labute approximate surface area is 171 Å². The zero-order chi connectivity index (χ0) is 20.6. The second kappa shape index (κ2) is 9.67. The molecule has 0 aliphatic rings. The molecule has 9 nitrogen and oxygen atoms in total. The van der Waals surface area contributed by atoms with Crippen molar-refractivity contribution >= 4 is 35.0 Å². The number of aromatic nitrogens is 3. The Kier molecular flexibility index (Phi) is 6.77. The molecule has 0 fully saturated rings. The Morgan fingerprint density at radius 3 is 2.59 bits per heavy atom. The van der Waals surface area contributed by atoms with E-state index in [1.54, 1.807) is 48.5 Å². The van der Waals surface area contributed by atoms with Crippen LogP contribution in [-0.2, 0) is 9.47 Å². The van der Waals surface area contributed by atoms with Gasteiger partial charge in [-0.05, 0) is 30.3 Å². The van der Waals surface area contributed by atoms with E-state index in [0.29, 0.717) is 28.7 Å². The maximum absolute atomic E-state index is 12.5. The molecule has 0 aliphatic heterocycles. The lowest BCUT2D eigenvalue weighted by molar-refractivity contribution is 0.102. The van der Waals surface area contributed by atoms with Crippen molar-refractivity contribution in [3.8, 4) is 5.69 Å². The van der Waals surface area contributed by atoms with Crippen molar-refractivity contribution < 1.29 is 19.1 Å². The summed E-state index contributed by atoms with van der Waals surface area (Å²) in [5.41, 5.74) is 1.66. The van der Waals surface area contributed by atoms with Gasteiger partial charge in [-0.2, -0.15) is 0 Å². The summed E-state index contributed by atoms with van der Waals surface area (Å²) in [7, 11) is 1.51.